The number of nitrogens with zero attached hydrogens (tertiary/aromatic N) is 4. The number of aromatic nitrogens is 4. The van der Waals surface area contributed by atoms with Gasteiger partial charge in [0.05, 0.1) is 29.3 Å². The van der Waals surface area contributed by atoms with E-state index in [0.29, 0.717) is 16.8 Å². The van der Waals surface area contributed by atoms with Gasteiger partial charge in [-0.25, -0.2) is 9.97 Å². The SMILES string of the molecule is Cc1ccc(-c2csc3ncn(CCC(=O)NCc4nc5ccccc5n4C)c(=O)c23)cc1. The Kier molecular flexibility index (Phi) is 5.51. The van der Waals surface area contributed by atoms with Crippen LogP contribution in [0.3, 0.4) is 0 Å². The van der Waals surface area contributed by atoms with Crippen molar-refractivity contribution < 1.29 is 4.79 Å². The van der Waals surface area contributed by atoms with Crippen LogP contribution in [0, 0.1) is 6.92 Å². The van der Waals surface area contributed by atoms with Gasteiger partial charge < -0.3 is 9.88 Å². The number of para-hydroxylation sites is 2. The fraction of sp³-hybridized carbons (Fsp3) is 0.200. The van der Waals surface area contributed by atoms with Crippen LogP contribution in [-0.2, 0) is 24.9 Å². The summed E-state index contributed by atoms with van der Waals surface area (Å²) >= 11 is 1.46. The lowest BCUT2D eigenvalue weighted by atomic mass is 10.1. The normalized spacial score (nSPS) is 11.3. The standard InChI is InChI=1S/C25H23N5O2S/c1-16-7-9-17(10-8-16)18-14-33-24-23(18)25(32)30(15-27-24)12-11-22(31)26-13-21-28-19-5-3-4-6-20(19)29(21)2/h3-10,14-15H,11-13H2,1-2H3,(H,26,31). The number of aryl methyl sites for hydroxylation is 3. The molecule has 2 aromatic carbocycles. The van der Waals surface area contributed by atoms with Crippen molar-refractivity contribution in [3.8, 4) is 11.1 Å². The Morgan fingerprint density at radius 2 is 1.91 bits per heavy atom. The highest BCUT2D eigenvalue weighted by Crippen LogP contribution is 2.30. The molecule has 7 nitrogen and oxygen atoms in total. The van der Waals surface area contributed by atoms with E-state index in [1.165, 1.54) is 27.8 Å². The summed E-state index contributed by atoms with van der Waals surface area (Å²) < 4.78 is 3.49. The first-order chi connectivity index (χ1) is 16.0. The highest BCUT2D eigenvalue weighted by atomic mass is 32.1. The summed E-state index contributed by atoms with van der Waals surface area (Å²) in [5, 5.41) is 5.48. The summed E-state index contributed by atoms with van der Waals surface area (Å²) in [5.74, 6) is 0.643. The van der Waals surface area contributed by atoms with Crippen LogP contribution in [0.1, 0.15) is 17.8 Å². The summed E-state index contributed by atoms with van der Waals surface area (Å²) in [4.78, 5) is 35.4. The first kappa shape index (κ1) is 21.1. The second-order valence-electron chi connectivity index (χ2n) is 8.04. The average Bonchev–Trinajstić information content (AvgIpc) is 3.40. The Balaban J connectivity index is 1.30. The summed E-state index contributed by atoms with van der Waals surface area (Å²) in [6.07, 6.45) is 1.71. The molecule has 0 radical (unpaired) electrons. The number of hydrogen-bond donors (Lipinski definition) is 1. The molecule has 0 aliphatic carbocycles. The van der Waals surface area contributed by atoms with Gasteiger partial charge in [0, 0.05) is 31.0 Å². The van der Waals surface area contributed by atoms with Gasteiger partial charge in [-0.3, -0.25) is 14.2 Å². The number of amides is 1. The quantitative estimate of drug-likeness (QED) is 0.417. The number of rotatable bonds is 6. The Morgan fingerprint density at radius 1 is 1.12 bits per heavy atom. The third kappa shape index (κ3) is 4.05. The molecule has 0 unspecified atom stereocenters. The number of thiophene rings is 1. The van der Waals surface area contributed by atoms with Crippen molar-refractivity contribution in [1.29, 1.82) is 0 Å². The highest BCUT2D eigenvalue weighted by Gasteiger charge is 2.14. The molecule has 0 aliphatic rings. The van der Waals surface area contributed by atoms with Gasteiger partial charge in [-0.2, -0.15) is 0 Å². The lowest BCUT2D eigenvalue weighted by molar-refractivity contribution is -0.121. The van der Waals surface area contributed by atoms with Gasteiger partial charge in [0.15, 0.2) is 0 Å². The van der Waals surface area contributed by atoms with Crippen LogP contribution in [0.2, 0.25) is 0 Å². The van der Waals surface area contributed by atoms with Crippen LogP contribution in [0.5, 0.6) is 0 Å². The van der Waals surface area contributed by atoms with Crippen molar-refractivity contribution in [3.63, 3.8) is 0 Å². The van der Waals surface area contributed by atoms with Crippen LogP contribution in [-0.4, -0.2) is 25.0 Å². The molecule has 8 heteroatoms. The Hall–Kier alpha value is -3.78. The molecule has 0 saturated heterocycles. The van der Waals surface area contributed by atoms with Crippen LogP contribution in [0.15, 0.2) is 65.0 Å². The minimum absolute atomic E-state index is 0.125. The van der Waals surface area contributed by atoms with Crippen LogP contribution < -0.4 is 10.9 Å². The zero-order valence-corrected chi connectivity index (χ0v) is 19.2. The second kappa shape index (κ2) is 8.63. The predicted molar refractivity (Wildman–Crippen MR) is 131 cm³/mol. The molecule has 0 atom stereocenters. The number of hydrogen-bond acceptors (Lipinski definition) is 5. The molecule has 0 saturated carbocycles. The zero-order valence-electron chi connectivity index (χ0n) is 18.4. The summed E-state index contributed by atoms with van der Waals surface area (Å²) in [6, 6.07) is 15.9. The first-order valence-electron chi connectivity index (χ1n) is 10.7. The molecule has 1 amide bonds. The molecule has 3 aromatic heterocycles. The smallest absolute Gasteiger partial charge is 0.262 e. The maximum Gasteiger partial charge on any atom is 0.262 e. The zero-order chi connectivity index (χ0) is 22.9. The van der Waals surface area contributed by atoms with Crippen LogP contribution in [0.4, 0.5) is 0 Å². The van der Waals surface area contributed by atoms with Crippen molar-refractivity contribution in [2.24, 2.45) is 7.05 Å². The van der Waals surface area contributed by atoms with E-state index in [-0.39, 0.29) is 24.4 Å². The Morgan fingerprint density at radius 3 is 2.70 bits per heavy atom. The van der Waals surface area contributed by atoms with E-state index in [4.69, 9.17) is 0 Å². The molecule has 0 fully saturated rings. The summed E-state index contributed by atoms with van der Waals surface area (Å²) in [6.45, 7) is 2.63. The fourth-order valence-electron chi connectivity index (χ4n) is 3.91. The van der Waals surface area contributed by atoms with E-state index in [1.807, 2.05) is 72.4 Å². The first-order valence-corrected chi connectivity index (χ1v) is 11.6. The van der Waals surface area contributed by atoms with Crippen LogP contribution >= 0.6 is 11.3 Å². The minimum atomic E-state index is -0.141. The Bertz CT molecular complexity index is 1530. The van der Waals surface area contributed by atoms with Gasteiger partial charge in [-0.1, -0.05) is 42.0 Å². The second-order valence-corrected chi connectivity index (χ2v) is 8.90. The van der Waals surface area contributed by atoms with Crippen LogP contribution in [0.25, 0.3) is 32.4 Å². The number of imidazole rings is 1. The number of carbonyl (C=O) groups excluding carboxylic acids is 1. The van der Waals surface area contributed by atoms with Gasteiger partial charge in [0.1, 0.15) is 10.7 Å². The van der Waals surface area contributed by atoms with E-state index in [1.54, 1.807) is 0 Å². The van der Waals surface area contributed by atoms with Gasteiger partial charge in [0.25, 0.3) is 5.56 Å². The number of benzene rings is 2. The predicted octanol–water partition coefficient (Wildman–Crippen LogP) is 4.03. The molecule has 5 rings (SSSR count). The van der Waals surface area contributed by atoms with Crippen molar-refractivity contribution >= 4 is 38.5 Å². The van der Waals surface area contributed by atoms with E-state index in [2.05, 4.69) is 15.3 Å². The summed E-state index contributed by atoms with van der Waals surface area (Å²) in [7, 11) is 1.93. The highest BCUT2D eigenvalue weighted by molar-refractivity contribution is 7.17. The molecular weight excluding hydrogens is 434 g/mol. The molecule has 0 bridgehead atoms. The van der Waals surface area contributed by atoms with Crippen molar-refractivity contribution in [3.05, 3.63) is 82.0 Å². The van der Waals surface area contributed by atoms with Gasteiger partial charge in [0.2, 0.25) is 5.91 Å². The lowest BCUT2D eigenvalue weighted by Gasteiger charge is -2.08. The van der Waals surface area contributed by atoms with E-state index < -0.39 is 0 Å². The average molecular weight is 458 g/mol. The monoisotopic (exact) mass is 457 g/mol. The van der Waals surface area contributed by atoms with Gasteiger partial charge >= 0.3 is 0 Å². The maximum absolute atomic E-state index is 13.2. The van der Waals surface area contributed by atoms with E-state index >= 15 is 0 Å². The minimum Gasteiger partial charge on any atom is -0.349 e. The van der Waals surface area contributed by atoms with Crippen molar-refractivity contribution in [1.82, 2.24) is 24.4 Å². The number of fused-ring (bicyclic) bond motifs is 2. The number of carbonyl (C=O) groups is 1. The summed E-state index contributed by atoms with van der Waals surface area (Å²) in [5.41, 5.74) is 4.83. The van der Waals surface area contributed by atoms with Gasteiger partial charge in [-0.05, 0) is 24.6 Å². The molecule has 0 aliphatic heterocycles. The van der Waals surface area contributed by atoms with Crippen molar-refractivity contribution in [2.75, 3.05) is 0 Å². The molecule has 3 heterocycles. The number of nitrogens with one attached hydrogen (secondary N) is 1. The molecule has 166 valence electrons. The molecule has 33 heavy (non-hydrogen) atoms. The third-order valence-corrected chi connectivity index (χ3v) is 6.71. The maximum atomic E-state index is 13.2. The van der Waals surface area contributed by atoms with E-state index in [9.17, 15) is 9.59 Å². The fourth-order valence-corrected chi connectivity index (χ4v) is 4.82. The Labute approximate surface area is 194 Å². The molecule has 0 spiro atoms. The topological polar surface area (TPSA) is 81.8 Å². The lowest BCUT2D eigenvalue weighted by Crippen LogP contribution is -2.28. The molecule has 5 aromatic rings. The molecule has 1 N–H and O–H groups in total. The molecular formula is C25H23N5O2S. The van der Waals surface area contributed by atoms with Gasteiger partial charge in [-0.15, -0.1) is 11.3 Å². The third-order valence-electron chi connectivity index (χ3n) is 5.83. The van der Waals surface area contributed by atoms with Crippen molar-refractivity contribution in [2.45, 2.75) is 26.4 Å². The largest absolute Gasteiger partial charge is 0.349 e. The van der Waals surface area contributed by atoms with E-state index in [0.717, 1.165) is 28.0 Å².